The molecule has 0 spiro atoms. The molecule has 0 saturated heterocycles. The Bertz CT molecular complexity index is 80.1. The van der Waals surface area contributed by atoms with Crippen LogP contribution in [0.25, 0.3) is 0 Å². The van der Waals surface area contributed by atoms with Crippen LogP contribution in [-0.4, -0.2) is 16.7 Å². The van der Waals surface area contributed by atoms with E-state index in [-0.39, 0.29) is 0 Å². The Morgan fingerprint density at radius 1 is 1.86 bits per heavy atom. The van der Waals surface area contributed by atoms with Crippen molar-refractivity contribution in [1.82, 2.24) is 0 Å². The molecule has 0 radical (unpaired) electrons. The summed E-state index contributed by atoms with van der Waals surface area (Å²) in [5, 5.41) is 0. The van der Waals surface area contributed by atoms with Crippen molar-refractivity contribution >= 4 is 28.8 Å². The van der Waals surface area contributed by atoms with Crippen molar-refractivity contribution in [2.75, 3.05) is 4.43 Å². The van der Waals surface area contributed by atoms with Gasteiger partial charge in [-0.2, -0.15) is 0 Å². The van der Waals surface area contributed by atoms with Crippen LogP contribution in [-0.2, 0) is 0 Å². The third-order valence-electron chi connectivity index (χ3n) is 1.12. The molecule has 1 nitrogen and oxygen atoms in total. The van der Waals surface area contributed by atoms with Crippen LogP contribution >= 0.6 is 22.6 Å². The van der Waals surface area contributed by atoms with E-state index in [0.717, 1.165) is 0 Å². The molecular formula is C5H8IN. The van der Waals surface area contributed by atoms with Crippen LogP contribution in [0.3, 0.4) is 0 Å². The molecule has 2 heteroatoms. The Balaban J connectivity index is 2.28. The van der Waals surface area contributed by atoms with Gasteiger partial charge in [-0.1, -0.05) is 22.6 Å². The molecule has 1 aliphatic rings. The van der Waals surface area contributed by atoms with Crippen LogP contribution < -0.4 is 0 Å². The Morgan fingerprint density at radius 2 is 2.71 bits per heavy atom. The molecule has 7 heavy (non-hydrogen) atoms. The summed E-state index contributed by atoms with van der Waals surface area (Å²) < 4.78 is 1.19. The first-order chi connectivity index (χ1) is 3.43. The SMILES string of the molecule is ICC1CCC=N1. The minimum Gasteiger partial charge on any atom is -0.293 e. The Kier molecular flexibility index (Phi) is 2.09. The minimum atomic E-state index is 0.653. The average Bonchev–Trinajstić information content (AvgIpc) is 2.14. The maximum Gasteiger partial charge on any atom is 0.0588 e. The van der Waals surface area contributed by atoms with E-state index in [1.807, 2.05) is 6.21 Å². The summed E-state index contributed by atoms with van der Waals surface area (Å²) in [6, 6.07) is 0.653. The van der Waals surface area contributed by atoms with Crippen LogP contribution in [0.1, 0.15) is 12.8 Å². The van der Waals surface area contributed by atoms with Crippen LogP contribution in [0, 0.1) is 0 Å². The van der Waals surface area contributed by atoms with E-state index in [2.05, 4.69) is 27.6 Å². The van der Waals surface area contributed by atoms with Crippen molar-refractivity contribution in [1.29, 1.82) is 0 Å². The second-order valence-corrected chi connectivity index (χ2v) is 2.60. The highest BCUT2D eigenvalue weighted by molar-refractivity contribution is 14.1. The molecule has 0 N–H and O–H groups in total. The number of aliphatic imine (C=N–C) groups is 1. The van der Waals surface area contributed by atoms with Gasteiger partial charge in [0.05, 0.1) is 6.04 Å². The molecule has 0 fully saturated rings. The summed E-state index contributed by atoms with van der Waals surface area (Å²) in [4.78, 5) is 4.22. The fourth-order valence-electron chi connectivity index (χ4n) is 0.682. The van der Waals surface area contributed by atoms with E-state index >= 15 is 0 Å². The van der Waals surface area contributed by atoms with Crippen molar-refractivity contribution in [2.45, 2.75) is 18.9 Å². The molecule has 1 atom stereocenters. The number of nitrogens with zero attached hydrogens (tertiary/aromatic N) is 1. The van der Waals surface area contributed by atoms with E-state index in [9.17, 15) is 0 Å². The molecule has 1 rings (SSSR count). The fourth-order valence-corrected chi connectivity index (χ4v) is 1.35. The number of hydrogen-bond donors (Lipinski definition) is 0. The van der Waals surface area contributed by atoms with Crippen molar-refractivity contribution < 1.29 is 0 Å². The zero-order chi connectivity index (χ0) is 5.11. The van der Waals surface area contributed by atoms with E-state index in [4.69, 9.17) is 0 Å². The first-order valence-corrected chi connectivity index (χ1v) is 4.03. The lowest BCUT2D eigenvalue weighted by atomic mass is 10.2. The van der Waals surface area contributed by atoms with Crippen molar-refractivity contribution in [2.24, 2.45) is 4.99 Å². The molecular weight excluding hydrogens is 201 g/mol. The van der Waals surface area contributed by atoms with Gasteiger partial charge in [0.15, 0.2) is 0 Å². The van der Waals surface area contributed by atoms with Gasteiger partial charge >= 0.3 is 0 Å². The Hall–Kier alpha value is 0.400. The van der Waals surface area contributed by atoms with Gasteiger partial charge in [-0.25, -0.2) is 0 Å². The van der Waals surface area contributed by atoms with Crippen LogP contribution in [0.4, 0.5) is 0 Å². The molecule has 40 valence electrons. The van der Waals surface area contributed by atoms with Crippen molar-refractivity contribution in [3.05, 3.63) is 0 Å². The number of rotatable bonds is 1. The molecule has 0 aromatic rings. The number of hydrogen-bond acceptors (Lipinski definition) is 1. The molecule has 0 bridgehead atoms. The number of halogens is 1. The number of alkyl halides is 1. The summed E-state index contributed by atoms with van der Waals surface area (Å²) in [5.74, 6) is 0. The quantitative estimate of drug-likeness (QED) is 0.460. The molecule has 0 aliphatic carbocycles. The van der Waals surface area contributed by atoms with Gasteiger partial charge in [0.1, 0.15) is 0 Å². The predicted octanol–water partition coefficient (Wildman–Crippen LogP) is 1.65. The lowest BCUT2D eigenvalue weighted by Gasteiger charge is -1.95. The molecule has 1 unspecified atom stereocenters. The van der Waals surface area contributed by atoms with Crippen molar-refractivity contribution in [3.63, 3.8) is 0 Å². The fraction of sp³-hybridized carbons (Fsp3) is 0.800. The maximum atomic E-state index is 4.22. The summed E-state index contributed by atoms with van der Waals surface area (Å²) >= 11 is 2.38. The van der Waals surface area contributed by atoms with Crippen molar-refractivity contribution in [3.8, 4) is 0 Å². The highest BCUT2D eigenvalue weighted by Gasteiger charge is 2.06. The topological polar surface area (TPSA) is 12.4 Å². The van der Waals surface area contributed by atoms with Gasteiger partial charge < -0.3 is 0 Å². The van der Waals surface area contributed by atoms with Crippen LogP contribution in [0.2, 0.25) is 0 Å². The maximum absolute atomic E-state index is 4.22. The minimum absolute atomic E-state index is 0.653. The highest BCUT2D eigenvalue weighted by atomic mass is 127. The molecule has 0 saturated carbocycles. The summed E-state index contributed by atoms with van der Waals surface area (Å²) in [6.45, 7) is 0. The summed E-state index contributed by atoms with van der Waals surface area (Å²) in [7, 11) is 0. The second kappa shape index (κ2) is 2.64. The zero-order valence-corrected chi connectivity index (χ0v) is 6.26. The van der Waals surface area contributed by atoms with E-state index in [1.54, 1.807) is 0 Å². The van der Waals surface area contributed by atoms with Gasteiger partial charge in [0.25, 0.3) is 0 Å². The van der Waals surface area contributed by atoms with E-state index in [1.165, 1.54) is 17.3 Å². The zero-order valence-electron chi connectivity index (χ0n) is 4.10. The monoisotopic (exact) mass is 209 g/mol. The molecule has 1 aliphatic heterocycles. The smallest absolute Gasteiger partial charge is 0.0588 e. The second-order valence-electron chi connectivity index (χ2n) is 1.72. The van der Waals surface area contributed by atoms with Gasteiger partial charge in [0.2, 0.25) is 0 Å². The third-order valence-corrected chi connectivity index (χ3v) is 2.14. The van der Waals surface area contributed by atoms with Gasteiger partial charge in [-0.05, 0) is 19.1 Å². The largest absolute Gasteiger partial charge is 0.293 e. The Labute approximate surface area is 57.4 Å². The molecule has 1 heterocycles. The molecule has 0 aromatic heterocycles. The predicted molar refractivity (Wildman–Crippen MR) is 40.4 cm³/mol. The normalized spacial score (nSPS) is 29.0. The van der Waals surface area contributed by atoms with E-state index in [0.29, 0.717) is 6.04 Å². The third kappa shape index (κ3) is 1.40. The first kappa shape index (κ1) is 5.54. The van der Waals surface area contributed by atoms with Gasteiger partial charge in [-0.15, -0.1) is 0 Å². The molecule has 0 aromatic carbocycles. The molecule has 0 amide bonds. The van der Waals surface area contributed by atoms with Gasteiger partial charge in [-0.3, -0.25) is 4.99 Å². The summed E-state index contributed by atoms with van der Waals surface area (Å²) in [6.07, 6.45) is 4.51. The summed E-state index contributed by atoms with van der Waals surface area (Å²) in [5.41, 5.74) is 0. The average molecular weight is 209 g/mol. The highest BCUT2D eigenvalue weighted by Crippen LogP contribution is 2.09. The standard InChI is InChI=1S/C5H8IN/c6-4-5-2-1-3-7-5/h3,5H,1-2,4H2. The van der Waals surface area contributed by atoms with E-state index < -0.39 is 0 Å². The van der Waals surface area contributed by atoms with Crippen LogP contribution in [0.5, 0.6) is 0 Å². The lowest BCUT2D eigenvalue weighted by molar-refractivity contribution is 0.758. The lowest BCUT2D eigenvalue weighted by Crippen LogP contribution is -1.98. The van der Waals surface area contributed by atoms with Crippen LogP contribution in [0.15, 0.2) is 4.99 Å². The first-order valence-electron chi connectivity index (χ1n) is 2.51. The Morgan fingerprint density at radius 3 is 3.00 bits per heavy atom. The van der Waals surface area contributed by atoms with Gasteiger partial charge in [0, 0.05) is 4.43 Å².